The largest absolute Gasteiger partial charge is 0.370 e. The van der Waals surface area contributed by atoms with Crippen LogP contribution < -0.4 is 10.6 Å². The molecule has 1 aromatic rings. The van der Waals surface area contributed by atoms with Crippen LogP contribution in [0.4, 0.5) is 5.82 Å². The summed E-state index contributed by atoms with van der Waals surface area (Å²) in [5, 5.41) is 6.90. The maximum atomic E-state index is 4.46. The van der Waals surface area contributed by atoms with Gasteiger partial charge in [0.25, 0.3) is 0 Å². The highest BCUT2D eigenvalue weighted by Crippen LogP contribution is 2.16. The molecule has 1 unspecified atom stereocenters. The molecule has 0 bridgehead atoms. The first kappa shape index (κ1) is 13.3. The van der Waals surface area contributed by atoms with Crippen molar-refractivity contribution >= 4 is 5.82 Å². The van der Waals surface area contributed by atoms with E-state index < -0.39 is 0 Å². The number of nitrogens with zero attached hydrogens (tertiary/aromatic N) is 2. The van der Waals surface area contributed by atoms with Crippen molar-refractivity contribution in [3.05, 3.63) is 17.6 Å². The molecular formula is C14H24N4. The Morgan fingerprint density at radius 3 is 2.94 bits per heavy atom. The van der Waals surface area contributed by atoms with Crippen molar-refractivity contribution in [1.29, 1.82) is 0 Å². The summed E-state index contributed by atoms with van der Waals surface area (Å²) in [6, 6.07) is 2.08. The molecule has 1 atom stereocenters. The summed E-state index contributed by atoms with van der Waals surface area (Å²) in [4.78, 5) is 8.92. The second kappa shape index (κ2) is 6.14. The van der Waals surface area contributed by atoms with E-state index in [9.17, 15) is 0 Å². The van der Waals surface area contributed by atoms with Gasteiger partial charge in [-0.25, -0.2) is 9.97 Å². The molecule has 0 aromatic carbocycles. The summed E-state index contributed by atoms with van der Waals surface area (Å²) < 4.78 is 0. The Morgan fingerprint density at radius 1 is 1.44 bits per heavy atom. The first-order chi connectivity index (χ1) is 8.65. The van der Waals surface area contributed by atoms with Crippen molar-refractivity contribution < 1.29 is 0 Å². The SMILES string of the molecule is Cc1nc(NCC2CCCNC2)cc(C(C)C)n1. The van der Waals surface area contributed by atoms with E-state index in [1.54, 1.807) is 0 Å². The minimum atomic E-state index is 0.448. The normalized spacial score (nSPS) is 20.1. The minimum absolute atomic E-state index is 0.448. The zero-order valence-corrected chi connectivity index (χ0v) is 11.7. The van der Waals surface area contributed by atoms with Gasteiger partial charge in [-0.2, -0.15) is 0 Å². The highest BCUT2D eigenvalue weighted by Gasteiger charge is 2.13. The third-order valence-corrected chi connectivity index (χ3v) is 3.42. The summed E-state index contributed by atoms with van der Waals surface area (Å²) in [6.45, 7) is 9.57. The van der Waals surface area contributed by atoms with Gasteiger partial charge in [0.2, 0.25) is 0 Å². The second-order valence-corrected chi connectivity index (χ2v) is 5.47. The van der Waals surface area contributed by atoms with E-state index in [0.29, 0.717) is 5.92 Å². The van der Waals surface area contributed by atoms with Gasteiger partial charge in [-0.05, 0) is 44.7 Å². The Labute approximate surface area is 110 Å². The van der Waals surface area contributed by atoms with Gasteiger partial charge >= 0.3 is 0 Å². The predicted octanol–water partition coefficient (Wildman–Crippen LogP) is 2.32. The van der Waals surface area contributed by atoms with Gasteiger partial charge in [0.05, 0.1) is 0 Å². The zero-order chi connectivity index (χ0) is 13.0. The van der Waals surface area contributed by atoms with Gasteiger partial charge in [0, 0.05) is 18.3 Å². The molecule has 0 amide bonds. The molecule has 2 N–H and O–H groups in total. The third kappa shape index (κ3) is 3.67. The van der Waals surface area contributed by atoms with Crippen LogP contribution in [0.25, 0.3) is 0 Å². The molecule has 0 spiro atoms. The summed E-state index contributed by atoms with van der Waals surface area (Å²) in [5.74, 6) is 2.99. The smallest absolute Gasteiger partial charge is 0.129 e. The molecule has 18 heavy (non-hydrogen) atoms. The van der Waals surface area contributed by atoms with Gasteiger partial charge in [-0.1, -0.05) is 13.8 Å². The number of hydrogen-bond acceptors (Lipinski definition) is 4. The molecule has 1 aliphatic rings. The number of nitrogens with one attached hydrogen (secondary N) is 2. The van der Waals surface area contributed by atoms with E-state index in [2.05, 4.69) is 40.5 Å². The fourth-order valence-electron chi connectivity index (χ4n) is 2.32. The van der Waals surface area contributed by atoms with Gasteiger partial charge in [0.15, 0.2) is 0 Å². The van der Waals surface area contributed by atoms with Crippen molar-refractivity contribution in [2.75, 3.05) is 25.0 Å². The second-order valence-electron chi connectivity index (χ2n) is 5.47. The van der Waals surface area contributed by atoms with E-state index >= 15 is 0 Å². The van der Waals surface area contributed by atoms with Crippen molar-refractivity contribution in [2.24, 2.45) is 5.92 Å². The third-order valence-electron chi connectivity index (χ3n) is 3.42. The number of anilines is 1. The molecule has 0 radical (unpaired) electrons. The number of piperidine rings is 1. The Balaban J connectivity index is 1.95. The number of rotatable bonds is 4. The van der Waals surface area contributed by atoms with Gasteiger partial charge in [0.1, 0.15) is 11.6 Å². The van der Waals surface area contributed by atoms with Crippen LogP contribution >= 0.6 is 0 Å². The van der Waals surface area contributed by atoms with Crippen LogP contribution in [-0.4, -0.2) is 29.6 Å². The van der Waals surface area contributed by atoms with Crippen molar-refractivity contribution in [1.82, 2.24) is 15.3 Å². The highest BCUT2D eigenvalue weighted by atomic mass is 15.0. The minimum Gasteiger partial charge on any atom is -0.370 e. The maximum Gasteiger partial charge on any atom is 0.129 e. The van der Waals surface area contributed by atoms with Crippen molar-refractivity contribution in [3.8, 4) is 0 Å². The van der Waals surface area contributed by atoms with Crippen LogP contribution in [-0.2, 0) is 0 Å². The van der Waals surface area contributed by atoms with Gasteiger partial charge in [-0.3, -0.25) is 0 Å². The topological polar surface area (TPSA) is 49.8 Å². The lowest BCUT2D eigenvalue weighted by atomic mass is 10.00. The zero-order valence-electron chi connectivity index (χ0n) is 11.7. The van der Waals surface area contributed by atoms with Gasteiger partial charge < -0.3 is 10.6 Å². The molecule has 1 aliphatic heterocycles. The number of aryl methyl sites for hydroxylation is 1. The maximum absolute atomic E-state index is 4.46. The first-order valence-electron chi connectivity index (χ1n) is 6.95. The quantitative estimate of drug-likeness (QED) is 0.858. The van der Waals surface area contributed by atoms with Crippen LogP contribution in [0.15, 0.2) is 6.07 Å². The summed E-state index contributed by atoms with van der Waals surface area (Å²) in [5.41, 5.74) is 1.12. The molecule has 2 rings (SSSR count). The monoisotopic (exact) mass is 248 g/mol. The fourth-order valence-corrected chi connectivity index (χ4v) is 2.32. The molecule has 0 saturated carbocycles. The molecule has 4 heteroatoms. The van der Waals surface area contributed by atoms with Gasteiger partial charge in [-0.15, -0.1) is 0 Å². The average molecular weight is 248 g/mol. The van der Waals surface area contributed by atoms with E-state index in [1.165, 1.54) is 19.4 Å². The van der Waals surface area contributed by atoms with E-state index in [4.69, 9.17) is 0 Å². The number of aromatic nitrogens is 2. The van der Waals surface area contributed by atoms with E-state index in [-0.39, 0.29) is 0 Å². The molecule has 1 fully saturated rings. The lowest BCUT2D eigenvalue weighted by molar-refractivity contribution is 0.392. The van der Waals surface area contributed by atoms with Crippen LogP contribution in [0, 0.1) is 12.8 Å². The predicted molar refractivity (Wildman–Crippen MR) is 74.9 cm³/mol. The average Bonchev–Trinajstić information content (AvgIpc) is 2.37. The Hall–Kier alpha value is -1.16. The lowest BCUT2D eigenvalue weighted by Gasteiger charge is -2.23. The van der Waals surface area contributed by atoms with Crippen LogP contribution in [0.1, 0.15) is 44.1 Å². The Morgan fingerprint density at radius 2 is 2.28 bits per heavy atom. The standard InChI is InChI=1S/C14H24N4/c1-10(2)13-7-14(18-11(3)17-13)16-9-12-5-4-6-15-8-12/h7,10,12,15H,4-6,8-9H2,1-3H3,(H,16,17,18). The first-order valence-corrected chi connectivity index (χ1v) is 6.95. The molecular weight excluding hydrogens is 224 g/mol. The summed E-state index contributed by atoms with van der Waals surface area (Å²) in [7, 11) is 0. The Bertz CT molecular complexity index is 383. The molecule has 2 heterocycles. The summed E-state index contributed by atoms with van der Waals surface area (Å²) in [6.07, 6.45) is 2.59. The molecule has 100 valence electrons. The molecule has 0 aliphatic carbocycles. The van der Waals surface area contributed by atoms with E-state index in [1.807, 2.05) is 6.92 Å². The van der Waals surface area contributed by atoms with Crippen molar-refractivity contribution in [2.45, 2.75) is 39.5 Å². The Kier molecular flexibility index (Phi) is 4.53. The number of hydrogen-bond donors (Lipinski definition) is 2. The van der Waals surface area contributed by atoms with Crippen LogP contribution in [0.3, 0.4) is 0 Å². The fraction of sp³-hybridized carbons (Fsp3) is 0.714. The molecule has 4 nitrogen and oxygen atoms in total. The van der Waals surface area contributed by atoms with Crippen molar-refractivity contribution in [3.63, 3.8) is 0 Å². The molecule has 1 saturated heterocycles. The van der Waals surface area contributed by atoms with E-state index in [0.717, 1.165) is 36.3 Å². The lowest BCUT2D eigenvalue weighted by Crippen LogP contribution is -2.33. The highest BCUT2D eigenvalue weighted by molar-refractivity contribution is 5.36. The van der Waals surface area contributed by atoms with Crippen LogP contribution in [0.2, 0.25) is 0 Å². The molecule has 1 aromatic heterocycles. The summed E-state index contributed by atoms with van der Waals surface area (Å²) >= 11 is 0. The van der Waals surface area contributed by atoms with Crippen LogP contribution in [0.5, 0.6) is 0 Å².